The van der Waals surface area contributed by atoms with Gasteiger partial charge in [-0.1, -0.05) is 0 Å². The van der Waals surface area contributed by atoms with Gasteiger partial charge >= 0.3 is 0 Å². The molecular weight excluding hydrogens is 276 g/mol. The second-order valence-electron chi connectivity index (χ2n) is 5.33. The lowest BCUT2D eigenvalue weighted by atomic mass is 10.1. The van der Waals surface area contributed by atoms with Crippen LogP contribution in [0.4, 0.5) is 5.69 Å². The van der Waals surface area contributed by atoms with Crippen LogP contribution in [0, 0.1) is 0 Å². The second-order valence-corrected chi connectivity index (χ2v) is 7.27. The molecule has 0 amide bonds. The van der Waals surface area contributed by atoms with E-state index in [1.165, 1.54) is 0 Å². The molecule has 5 nitrogen and oxygen atoms in total. The lowest BCUT2D eigenvalue weighted by Gasteiger charge is -2.30. The third-order valence-electron chi connectivity index (χ3n) is 4.16. The topological polar surface area (TPSA) is 58.6 Å². The van der Waals surface area contributed by atoms with Crippen LogP contribution < -0.4 is 5.32 Å². The van der Waals surface area contributed by atoms with Crippen molar-refractivity contribution in [3.63, 3.8) is 0 Å². The second kappa shape index (κ2) is 5.35. The molecule has 0 bridgehead atoms. The molecule has 0 aromatic heterocycles. The molecule has 0 aliphatic carbocycles. The highest BCUT2D eigenvalue weighted by molar-refractivity contribution is 7.89. The first-order valence-electron chi connectivity index (χ1n) is 7.01. The van der Waals surface area contributed by atoms with Gasteiger partial charge in [0.25, 0.3) is 0 Å². The summed E-state index contributed by atoms with van der Waals surface area (Å²) >= 11 is 0. The van der Waals surface area contributed by atoms with Crippen LogP contribution in [0.1, 0.15) is 18.4 Å². The maximum atomic E-state index is 12.6. The zero-order valence-corrected chi connectivity index (χ0v) is 12.4. The van der Waals surface area contributed by atoms with Crippen molar-refractivity contribution in [1.29, 1.82) is 0 Å². The number of fused-ring (bicyclic) bond motifs is 1. The monoisotopic (exact) mass is 296 g/mol. The number of piperidine rings is 1. The lowest BCUT2D eigenvalue weighted by Crippen LogP contribution is -2.40. The van der Waals surface area contributed by atoms with Gasteiger partial charge in [0.15, 0.2) is 0 Å². The molecule has 1 saturated heterocycles. The van der Waals surface area contributed by atoms with E-state index >= 15 is 0 Å². The molecule has 2 aliphatic heterocycles. The van der Waals surface area contributed by atoms with Crippen molar-refractivity contribution in [2.45, 2.75) is 30.3 Å². The third kappa shape index (κ3) is 2.43. The summed E-state index contributed by atoms with van der Waals surface area (Å²) in [6.45, 7) is 1.96. The van der Waals surface area contributed by atoms with E-state index in [2.05, 4.69) is 5.32 Å². The number of hydrogen-bond acceptors (Lipinski definition) is 4. The average Bonchev–Trinajstić information content (AvgIpc) is 2.94. The highest BCUT2D eigenvalue weighted by Gasteiger charge is 2.30. The zero-order valence-electron chi connectivity index (χ0n) is 11.6. The highest BCUT2D eigenvalue weighted by Crippen LogP contribution is 2.28. The minimum absolute atomic E-state index is 0.186. The molecule has 2 heterocycles. The summed E-state index contributed by atoms with van der Waals surface area (Å²) in [7, 11) is -1.68. The fourth-order valence-electron chi connectivity index (χ4n) is 2.90. The smallest absolute Gasteiger partial charge is 0.243 e. The number of rotatable bonds is 3. The maximum Gasteiger partial charge on any atom is 0.243 e. The standard InChI is InChI=1S/C14H20N2O3S/c1-19-12-5-8-16(9-6-12)20(17,18)13-2-3-14-11(10-13)4-7-15-14/h2-3,10,12,15H,4-9H2,1H3. The van der Waals surface area contributed by atoms with Crippen LogP contribution in [0.5, 0.6) is 0 Å². The van der Waals surface area contributed by atoms with Gasteiger partial charge in [0.05, 0.1) is 11.0 Å². The van der Waals surface area contributed by atoms with E-state index in [9.17, 15) is 8.42 Å². The Hall–Kier alpha value is -1.11. The Labute approximate surface area is 120 Å². The van der Waals surface area contributed by atoms with Gasteiger partial charge in [-0.05, 0) is 43.0 Å². The van der Waals surface area contributed by atoms with E-state index in [0.717, 1.165) is 37.1 Å². The van der Waals surface area contributed by atoms with Gasteiger partial charge in [0.1, 0.15) is 0 Å². The van der Waals surface area contributed by atoms with Crippen molar-refractivity contribution in [1.82, 2.24) is 4.31 Å². The maximum absolute atomic E-state index is 12.6. The molecule has 3 rings (SSSR count). The molecule has 0 atom stereocenters. The summed E-state index contributed by atoms with van der Waals surface area (Å²) in [6, 6.07) is 5.39. The summed E-state index contributed by atoms with van der Waals surface area (Å²) in [5.74, 6) is 0. The Bertz CT molecular complexity index is 592. The summed E-state index contributed by atoms with van der Waals surface area (Å²) < 4.78 is 32.2. The normalized spacial score (nSPS) is 20.6. The summed E-state index contributed by atoms with van der Waals surface area (Å²) in [6.07, 6.45) is 2.61. The summed E-state index contributed by atoms with van der Waals surface area (Å²) in [5.41, 5.74) is 2.15. The number of methoxy groups -OCH3 is 1. The van der Waals surface area contributed by atoms with Crippen molar-refractivity contribution < 1.29 is 13.2 Å². The minimum Gasteiger partial charge on any atom is -0.384 e. The van der Waals surface area contributed by atoms with Crippen LogP contribution in [0.3, 0.4) is 0 Å². The lowest BCUT2D eigenvalue weighted by molar-refractivity contribution is 0.0604. The number of nitrogens with zero attached hydrogens (tertiary/aromatic N) is 1. The zero-order chi connectivity index (χ0) is 14.2. The van der Waals surface area contributed by atoms with Gasteiger partial charge in [-0.2, -0.15) is 4.31 Å². The third-order valence-corrected chi connectivity index (χ3v) is 6.05. The van der Waals surface area contributed by atoms with Crippen LogP contribution in [-0.2, 0) is 21.2 Å². The molecule has 20 heavy (non-hydrogen) atoms. The van der Waals surface area contributed by atoms with Crippen molar-refractivity contribution >= 4 is 15.7 Å². The fraction of sp³-hybridized carbons (Fsp3) is 0.571. The van der Waals surface area contributed by atoms with Crippen molar-refractivity contribution in [3.05, 3.63) is 23.8 Å². The quantitative estimate of drug-likeness (QED) is 0.917. The molecule has 1 N–H and O–H groups in total. The van der Waals surface area contributed by atoms with Gasteiger partial charge in [-0.15, -0.1) is 0 Å². The van der Waals surface area contributed by atoms with E-state index < -0.39 is 10.0 Å². The Morgan fingerprint density at radius 3 is 2.75 bits per heavy atom. The van der Waals surface area contributed by atoms with Crippen LogP contribution in [0.15, 0.2) is 23.1 Å². The van der Waals surface area contributed by atoms with Crippen LogP contribution in [-0.4, -0.2) is 45.6 Å². The van der Waals surface area contributed by atoms with E-state index in [4.69, 9.17) is 4.74 Å². The van der Waals surface area contributed by atoms with E-state index in [1.807, 2.05) is 12.1 Å². The summed E-state index contributed by atoms with van der Waals surface area (Å²) in [4.78, 5) is 0.413. The minimum atomic E-state index is -3.37. The van der Waals surface area contributed by atoms with Crippen molar-refractivity contribution in [2.75, 3.05) is 32.1 Å². The Morgan fingerprint density at radius 2 is 2.05 bits per heavy atom. The predicted octanol–water partition coefficient (Wildman–Crippen LogP) is 1.45. The SMILES string of the molecule is COC1CCN(S(=O)(=O)c2ccc3c(c2)CCN3)CC1. The Morgan fingerprint density at radius 1 is 1.30 bits per heavy atom. The highest BCUT2D eigenvalue weighted by atomic mass is 32.2. The molecule has 1 fully saturated rings. The first kappa shape index (κ1) is 13.9. The molecule has 0 spiro atoms. The Balaban J connectivity index is 1.82. The number of ether oxygens (including phenoxy) is 1. The Kier molecular flexibility index (Phi) is 3.70. The number of anilines is 1. The molecule has 0 unspecified atom stereocenters. The van der Waals surface area contributed by atoms with Crippen molar-refractivity contribution in [2.24, 2.45) is 0 Å². The van der Waals surface area contributed by atoms with Crippen LogP contribution in [0.2, 0.25) is 0 Å². The van der Waals surface area contributed by atoms with E-state index in [1.54, 1.807) is 17.5 Å². The molecule has 1 aromatic carbocycles. The predicted molar refractivity (Wildman–Crippen MR) is 77.4 cm³/mol. The van der Waals surface area contributed by atoms with E-state index in [-0.39, 0.29) is 6.10 Å². The largest absolute Gasteiger partial charge is 0.384 e. The van der Waals surface area contributed by atoms with Gasteiger partial charge in [-0.25, -0.2) is 8.42 Å². The fourth-order valence-corrected chi connectivity index (χ4v) is 4.42. The van der Waals surface area contributed by atoms with E-state index in [0.29, 0.717) is 18.0 Å². The molecule has 6 heteroatoms. The molecule has 110 valence electrons. The van der Waals surface area contributed by atoms with Gasteiger partial charge in [0, 0.05) is 32.4 Å². The molecule has 0 radical (unpaired) electrons. The number of sulfonamides is 1. The number of hydrogen-bond donors (Lipinski definition) is 1. The molecule has 1 aromatic rings. The van der Waals surface area contributed by atoms with Crippen LogP contribution >= 0.6 is 0 Å². The number of nitrogens with one attached hydrogen (secondary N) is 1. The van der Waals surface area contributed by atoms with Crippen molar-refractivity contribution in [3.8, 4) is 0 Å². The van der Waals surface area contributed by atoms with Gasteiger partial charge < -0.3 is 10.1 Å². The molecular formula is C14H20N2O3S. The number of benzene rings is 1. The first-order chi connectivity index (χ1) is 9.61. The summed E-state index contributed by atoms with van der Waals surface area (Å²) in [5, 5.41) is 3.25. The van der Waals surface area contributed by atoms with Crippen LogP contribution in [0.25, 0.3) is 0 Å². The molecule has 0 saturated carbocycles. The first-order valence-corrected chi connectivity index (χ1v) is 8.45. The van der Waals surface area contributed by atoms with Gasteiger partial charge in [-0.3, -0.25) is 0 Å². The van der Waals surface area contributed by atoms with Gasteiger partial charge in [0.2, 0.25) is 10.0 Å². The molecule has 2 aliphatic rings. The average molecular weight is 296 g/mol.